The molecule has 0 unspecified atom stereocenters. The maximum absolute atomic E-state index is 8.89. The van der Waals surface area contributed by atoms with Crippen LogP contribution in [-0.2, 0) is 0 Å². The van der Waals surface area contributed by atoms with Crippen LogP contribution in [0, 0.1) is 11.3 Å². The highest BCUT2D eigenvalue weighted by molar-refractivity contribution is 5.73. The monoisotopic (exact) mass is 243 g/mol. The summed E-state index contributed by atoms with van der Waals surface area (Å²) in [5.41, 5.74) is 7.68. The van der Waals surface area contributed by atoms with E-state index in [4.69, 9.17) is 20.5 Å². The van der Waals surface area contributed by atoms with Gasteiger partial charge < -0.3 is 20.2 Å². The Balaban J connectivity index is 2.53. The van der Waals surface area contributed by atoms with Crippen molar-refractivity contribution in [2.45, 2.75) is 0 Å². The van der Waals surface area contributed by atoms with Crippen LogP contribution in [0.15, 0.2) is 24.3 Å². The fourth-order valence-corrected chi connectivity index (χ4v) is 1.73. The van der Waals surface area contributed by atoms with Crippen LogP contribution in [0.1, 0.15) is 5.56 Å². The van der Waals surface area contributed by atoms with Gasteiger partial charge in [-0.2, -0.15) is 5.26 Å². The maximum Gasteiger partial charge on any atom is 0.131 e. The van der Waals surface area contributed by atoms with Crippen molar-refractivity contribution in [3.05, 3.63) is 29.8 Å². The van der Waals surface area contributed by atoms with Gasteiger partial charge in [0, 0.05) is 11.6 Å². The Morgan fingerprint density at radius 2 is 2.00 bits per heavy atom. The van der Waals surface area contributed by atoms with Crippen LogP contribution in [0.25, 0.3) is 11.3 Å². The van der Waals surface area contributed by atoms with E-state index in [1.807, 2.05) is 18.2 Å². The smallest absolute Gasteiger partial charge is 0.131 e. The highest BCUT2D eigenvalue weighted by atomic mass is 16.5. The summed E-state index contributed by atoms with van der Waals surface area (Å²) >= 11 is 0. The number of hydrogen-bond acceptors (Lipinski definition) is 4. The molecule has 2 aromatic rings. The molecule has 5 heteroatoms. The molecule has 1 aromatic carbocycles. The minimum absolute atomic E-state index is 0.352. The Morgan fingerprint density at radius 1 is 1.22 bits per heavy atom. The van der Waals surface area contributed by atoms with E-state index < -0.39 is 0 Å². The molecule has 0 aliphatic carbocycles. The number of nitrogen functional groups attached to an aromatic ring is 1. The van der Waals surface area contributed by atoms with Crippen LogP contribution in [-0.4, -0.2) is 19.2 Å². The molecule has 2 rings (SSSR count). The highest BCUT2D eigenvalue weighted by Gasteiger charge is 2.11. The molecule has 0 amide bonds. The van der Waals surface area contributed by atoms with Gasteiger partial charge >= 0.3 is 0 Å². The zero-order chi connectivity index (χ0) is 13.1. The van der Waals surface area contributed by atoms with Gasteiger partial charge in [0.25, 0.3) is 0 Å². The van der Waals surface area contributed by atoms with Crippen molar-refractivity contribution in [1.82, 2.24) is 4.98 Å². The summed E-state index contributed by atoms with van der Waals surface area (Å²) in [5.74, 6) is 1.71. The number of benzene rings is 1. The first-order valence-electron chi connectivity index (χ1n) is 5.30. The number of methoxy groups -OCH3 is 2. The lowest BCUT2D eigenvalue weighted by molar-refractivity contribution is 0.395. The maximum atomic E-state index is 8.89. The van der Waals surface area contributed by atoms with Crippen molar-refractivity contribution in [3.8, 4) is 28.8 Å². The number of aromatic amines is 1. The number of nitriles is 1. The highest BCUT2D eigenvalue weighted by Crippen LogP contribution is 2.34. The third kappa shape index (κ3) is 1.96. The van der Waals surface area contributed by atoms with Crippen molar-refractivity contribution in [2.24, 2.45) is 0 Å². The van der Waals surface area contributed by atoms with Gasteiger partial charge in [0.2, 0.25) is 0 Å². The van der Waals surface area contributed by atoms with Gasteiger partial charge in [0.05, 0.1) is 25.5 Å². The predicted molar refractivity (Wildman–Crippen MR) is 68.5 cm³/mol. The number of nitrogens with zero attached hydrogens (tertiary/aromatic N) is 1. The van der Waals surface area contributed by atoms with Crippen molar-refractivity contribution >= 4 is 5.82 Å². The number of rotatable bonds is 3. The number of hydrogen-bond donors (Lipinski definition) is 2. The van der Waals surface area contributed by atoms with E-state index in [9.17, 15) is 0 Å². The first kappa shape index (κ1) is 11.9. The largest absolute Gasteiger partial charge is 0.497 e. The number of nitrogens with one attached hydrogen (secondary N) is 1. The fraction of sp³-hybridized carbons (Fsp3) is 0.154. The standard InChI is InChI=1S/C13H13N3O2/c1-17-9-3-4-10(12(6-9)18-2)11-5-8(7-14)13(15)16-11/h3-6,16H,15H2,1-2H3. The second-order valence-corrected chi connectivity index (χ2v) is 3.69. The molecule has 0 aliphatic rings. The minimum atomic E-state index is 0.352. The van der Waals surface area contributed by atoms with E-state index in [1.165, 1.54) is 0 Å². The van der Waals surface area contributed by atoms with E-state index in [2.05, 4.69) is 4.98 Å². The summed E-state index contributed by atoms with van der Waals surface area (Å²) in [7, 11) is 3.17. The van der Waals surface area contributed by atoms with Gasteiger partial charge in [-0.25, -0.2) is 0 Å². The predicted octanol–water partition coefficient (Wildman–Crippen LogP) is 2.15. The zero-order valence-corrected chi connectivity index (χ0v) is 10.2. The molecule has 0 radical (unpaired) electrons. The molecule has 1 aromatic heterocycles. The number of aromatic nitrogens is 1. The Labute approximate surface area is 105 Å². The molecule has 0 bridgehead atoms. The van der Waals surface area contributed by atoms with E-state index in [0.717, 1.165) is 11.3 Å². The number of nitrogens with two attached hydrogens (primary N) is 1. The second-order valence-electron chi connectivity index (χ2n) is 3.69. The summed E-state index contributed by atoms with van der Waals surface area (Å²) in [6.07, 6.45) is 0. The lowest BCUT2D eigenvalue weighted by Crippen LogP contribution is -1.91. The fourth-order valence-electron chi connectivity index (χ4n) is 1.73. The van der Waals surface area contributed by atoms with Crippen molar-refractivity contribution in [2.75, 3.05) is 20.0 Å². The van der Waals surface area contributed by atoms with Crippen molar-refractivity contribution in [3.63, 3.8) is 0 Å². The molecule has 0 saturated carbocycles. The van der Waals surface area contributed by atoms with E-state index >= 15 is 0 Å². The second kappa shape index (κ2) is 4.72. The molecule has 0 atom stereocenters. The lowest BCUT2D eigenvalue weighted by Gasteiger charge is -2.08. The van der Waals surface area contributed by atoms with Crippen molar-refractivity contribution in [1.29, 1.82) is 5.26 Å². The Morgan fingerprint density at radius 3 is 2.56 bits per heavy atom. The molecule has 5 nitrogen and oxygen atoms in total. The van der Waals surface area contributed by atoms with Gasteiger partial charge in [0.15, 0.2) is 0 Å². The Hall–Kier alpha value is -2.61. The van der Waals surface area contributed by atoms with Crippen LogP contribution in [0.3, 0.4) is 0 Å². The van der Waals surface area contributed by atoms with Crippen LogP contribution >= 0.6 is 0 Å². The lowest BCUT2D eigenvalue weighted by atomic mass is 10.1. The summed E-state index contributed by atoms with van der Waals surface area (Å²) in [4.78, 5) is 2.96. The van der Waals surface area contributed by atoms with Crippen LogP contribution in [0.5, 0.6) is 11.5 Å². The third-order valence-electron chi connectivity index (χ3n) is 2.67. The molecular formula is C13H13N3O2. The van der Waals surface area contributed by atoms with Crippen LogP contribution in [0.4, 0.5) is 5.82 Å². The van der Waals surface area contributed by atoms with Crippen LogP contribution in [0.2, 0.25) is 0 Å². The quantitative estimate of drug-likeness (QED) is 0.865. The topological polar surface area (TPSA) is 84.1 Å². The third-order valence-corrected chi connectivity index (χ3v) is 2.67. The molecule has 18 heavy (non-hydrogen) atoms. The van der Waals surface area contributed by atoms with Crippen molar-refractivity contribution < 1.29 is 9.47 Å². The summed E-state index contributed by atoms with van der Waals surface area (Å²) in [6, 6.07) is 9.17. The molecule has 92 valence electrons. The number of anilines is 1. The molecule has 0 spiro atoms. The number of H-pyrrole nitrogens is 1. The number of ether oxygens (including phenoxy) is 2. The average molecular weight is 243 g/mol. The molecular weight excluding hydrogens is 230 g/mol. The van der Waals surface area contributed by atoms with E-state index in [1.54, 1.807) is 26.4 Å². The Bertz CT molecular complexity index is 611. The molecule has 0 fully saturated rings. The zero-order valence-electron chi connectivity index (χ0n) is 10.2. The van der Waals surface area contributed by atoms with Gasteiger partial charge in [-0.05, 0) is 18.2 Å². The van der Waals surface area contributed by atoms with Gasteiger partial charge in [-0.1, -0.05) is 0 Å². The molecule has 0 saturated heterocycles. The summed E-state index contributed by atoms with van der Waals surface area (Å²) < 4.78 is 10.4. The van der Waals surface area contributed by atoms with E-state index in [-0.39, 0.29) is 0 Å². The normalized spacial score (nSPS) is 9.83. The van der Waals surface area contributed by atoms with Gasteiger partial charge in [-0.15, -0.1) is 0 Å². The first-order chi connectivity index (χ1) is 8.69. The SMILES string of the molecule is COc1ccc(-c2cc(C#N)c(N)[nH]2)c(OC)c1. The summed E-state index contributed by atoms with van der Waals surface area (Å²) in [5, 5.41) is 8.89. The van der Waals surface area contributed by atoms with Crippen LogP contribution < -0.4 is 15.2 Å². The molecule has 0 aliphatic heterocycles. The summed E-state index contributed by atoms with van der Waals surface area (Å²) in [6.45, 7) is 0. The Kier molecular flexibility index (Phi) is 3.11. The van der Waals surface area contributed by atoms with E-state index in [0.29, 0.717) is 22.9 Å². The van der Waals surface area contributed by atoms with Gasteiger partial charge in [0.1, 0.15) is 23.4 Å². The first-order valence-corrected chi connectivity index (χ1v) is 5.30. The average Bonchev–Trinajstić information content (AvgIpc) is 2.79. The minimum Gasteiger partial charge on any atom is -0.497 e. The van der Waals surface area contributed by atoms with Gasteiger partial charge in [-0.3, -0.25) is 0 Å². The molecule has 1 heterocycles. The molecule has 3 N–H and O–H groups in total.